The maximum absolute atomic E-state index is 12.7. The normalized spacial score (nSPS) is 20.4. The average molecular weight is 368 g/mol. The fraction of sp³-hybridized carbons (Fsp3) is 0.500. The van der Waals surface area contributed by atoms with E-state index in [-0.39, 0.29) is 10.8 Å². The zero-order chi connectivity index (χ0) is 16.7. The van der Waals surface area contributed by atoms with Crippen LogP contribution in [0, 0.1) is 0 Å². The lowest BCUT2D eigenvalue weighted by Gasteiger charge is -2.29. The Labute approximate surface area is 145 Å². The molecule has 128 valence electrons. The SMILES string of the molecule is O=S(=O)(c1ccc(Cl)cc1)N1CCC(c2nnc(C3CC3)o2)CC1. The summed E-state index contributed by atoms with van der Waals surface area (Å²) in [6.45, 7) is 0.910. The Hall–Kier alpha value is -1.44. The second-order valence-corrected chi connectivity index (χ2v) is 8.76. The first-order chi connectivity index (χ1) is 11.5. The minimum Gasteiger partial charge on any atom is -0.425 e. The average Bonchev–Trinajstić information content (AvgIpc) is 3.32. The van der Waals surface area contributed by atoms with Gasteiger partial charge < -0.3 is 4.42 Å². The minimum atomic E-state index is -3.47. The largest absolute Gasteiger partial charge is 0.425 e. The zero-order valence-corrected chi connectivity index (χ0v) is 14.6. The van der Waals surface area contributed by atoms with E-state index in [0.29, 0.717) is 42.8 Å². The maximum Gasteiger partial charge on any atom is 0.243 e. The highest BCUT2D eigenvalue weighted by Gasteiger charge is 2.34. The van der Waals surface area contributed by atoms with Crippen molar-refractivity contribution < 1.29 is 12.8 Å². The predicted octanol–water partition coefficient (Wildman–Crippen LogP) is 3.17. The van der Waals surface area contributed by atoms with Gasteiger partial charge in [-0.15, -0.1) is 10.2 Å². The van der Waals surface area contributed by atoms with Crippen LogP contribution in [0.4, 0.5) is 0 Å². The van der Waals surface area contributed by atoms with Crippen molar-refractivity contribution in [2.75, 3.05) is 13.1 Å². The molecule has 24 heavy (non-hydrogen) atoms. The van der Waals surface area contributed by atoms with E-state index in [0.717, 1.165) is 18.7 Å². The highest BCUT2D eigenvalue weighted by Crippen LogP contribution is 2.40. The van der Waals surface area contributed by atoms with Crippen molar-refractivity contribution >= 4 is 21.6 Å². The van der Waals surface area contributed by atoms with E-state index in [2.05, 4.69) is 10.2 Å². The summed E-state index contributed by atoms with van der Waals surface area (Å²) in [6, 6.07) is 6.28. The zero-order valence-electron chi connectivity index (χ0n) is 13.1. The van der Waals surface area contributed by atoms with Gasteiger partial charge in [-0.05, 0) is 49.9 Å². The summed E-state index contributed by atoms with van der Waals surface area (Å²) in [5, 5.41) is 8.80. The molecule has 0 bridgehead atoms. The van der Waals surface area contributed by atoms with E-state index in [1.807, 2.05) is 0 Å². The Balaban J connectivity index is 1.44. The number of sulfonamides is 1. The molecule has 0 unspecified atom stereocenters. The van der Waals surface area contributed by atoms with Crippen LogP contribution in [0.5, 0.6) is 0 Å². The number of hydrogen-bond donors (Lipinski definition) is 0. The molecule has 0 spiro atoms. The molecule has 8 heteroatoms. The molecule has 1 aromatic carbocycles. The van der Waals surface area contributed by atoms with Gasteiger partial charge in [-0.2, -0.15) is 4.31 Å². The van der Waals surface area contributed by atoms with Crippen LogP contribution in [0.15, 0.2) is 33.6 Å². The molecule has 0 atom stereocenters. The van der Waals surface area contributed by atoms with Gasteiger partial charge in [0.05, 0.1) is 4.90 Å². The third-order valence-corrected chi connectivity index (χ3v) is 6.80. The maximum atomic E-state index is 12.7. The molecule has 1 aromatic heterocycles. The fourth-order valence-corrected chi connectivity index (χ4v) is 4.60. The highest BCUT2D eigenvalue weighted by atomic mass is 35.5. The van der Waals surface area contributed by atoms with Crippen LogP contribution in [0.1, 0.15) is 49.3 Å². The van der Waals surface area contributed by atoms with Crippen LogP contribution in [0.2, 0.25) is 5.02 Å². The fourth-order valence-electron chi connectivity index (χ4n) is 3.01. The van der Waals surface area contributed by atoms with Crippen molar-refractivity contribution in [1.82, 2.24) is 14.5 Å². The van der Waals surface area contributed by atoms with E-state index in [1.165, 1.54) is 4.31 Å². The van der Waals surface area contributed by atoms with Crippen molar-refractivity contribution in [3.05, 3.63) is 41.1 Å². The van der Waals surface area contributed by atoms with Crippen LogP contribution in [-0.2, 0) is 10.0 Å². The number of hydrogen-bond acceptors (Lipinski definition) is 5. The summed E-state index contributed by atoms with van der Waals surface area (Å²) in [4.78, 5) is 0.277. The van der Waals surface area contributed by atoms with Crippen LogP contribution in [0.3, 0.4) is 0 Å². The van der Waals surface area contributed by atoms with Crippen molar-refractivity contribution in [2.24, 2.45) is 0 Å². The van der Waals surface area contributed by atoms with Gasteiger partial charge in [0.1, 0.15) is 0 Å². The summed E-state index contributed by atoms with van der Waals surface area (Å²) in [5.41, 5.74) is 0. The molecule has 1 saturated heterocycles. The summed E-state index contributed by atoms with van der Waals surface area (Å²) < 4.78 is 32.6. The van der Waals surface area contributed by atoms with Crippen LogP contribution < -0.4 is 0 Å². The molecular weight excluding hydrogens is 350 g/mol. The standard InChI is InChI=1S/C16H18ClN3O3S/c17-13-3-5-14(6-4-13)24(21,22)20-9-7-12(8-10-20)16-19-18-15(23-16)11-1-2-11/h3-6,11-12H,1-2,7-10H2. The van der Waals surface area contributed by atoms with Gasteiger partial charge in [-0.1, -0.05) is 11.6 Å². The molecule has 1 aliphatic carbocycles. The van der Waals surface area contributed by atoms with Crippen molar-refractivity contribution in [1.29, 1.82) is 0 Å². The summed E-state index contributed by atoms with van der Waals surface area (Å²) in [5.74, 6) is 1.97. The molecule has 2 heterocycles. The highest BCUT2D eigenvalue weighted by molar-refractivity contribution is 7.89. The topological polar surface area (TPSA) is 76.3 Å². The van der Waals surface area contributed by atoms with Gasteiger partial charge in [0.25, 0.3) is 0 Å². The molecule has 0 radical (unpaired) electrons. The molecule has 0 N–H and O–H groups in total. The molecule has 4 rings (SSSR count). The summed E-state index contributed by atoms with van der Waals surface area (Å²) in [7, 11) is -3.47. The van der Waals surface area contributed by atoms with Gasteiger partial charge in [-0.25, -0.2) is 8.42 Å². The molecule has 6 nitrogen and oxygen atoms in total. The van der Waals surface area contributed by atoms with Crippen LogP contribution in [0.25, 0.3) is 0 Å². The molecular formula is C16H18ClN3O3S. The van der Waals surface area contributed by atoms with Crippen molar-refractivity contribution in [3.63, 3.8) is 0 Å². The monoisotopic (exact) mass is 367 g/mol. The minimum absolute atomic E-state index is 0.140. The molecule has 2 aromatic rings. The van der Waals surface area contributed by atoms with E-state index in [9.17, 15) is 8.42 Å². The van der Waals surface area contributed by atoms with Gasteiger partial charge in [0.15, 0.2) is 0 Å². The predicted molar refractivity (Wildman–Crippen MR) is 88.5 cm³/mol. The third kappa shape index (κ3) is 3.08. The summed E-state index contributed by atoms with van der Waals surface area (Å²) in [6.07, 6.45) is 3.64. The lowest BCUT2D eigenvalue weighted by molar-refractivity contribution is 0.286. The molecule has 1 aliphatic heterocycles. The Bertz CT molecular complexity index is 823. The van der Waals surface area contributed by atoms with Crippen LogP contribution in [-0.4, -0.2) is 36.0 Å². The molecule has 0 amide bonds. The lowest BCUT2D eigenvalue weighted by Crippen LogP contribution is -2.37. The number of piperidine rings is 1. The Kier molecular flexibility index (Phi) is 4.10. The number of aromatic nitrogens is 2. The second kappa shape index (κ2) is 6.13. The van der Waals surface area contributed by atoms with E-state index >= 15 is 0 Å². The van der Waals surface area contributed by atoms with E-state index in [1.54, 1.807) is 24.3 Å². The Morgan fingerprint density at radius 1 is 0.958 bits per heavy atom. The lowest BCUT2D eigenvalue weighted by atomic mass is 9.98. The Morgan fingerprint density at radius 3 is 2.04 bits per heavy atom. The number of halogens is 1. The first-order valence-corrected chi connectivity index (χ1v) is 9.95. The number of nitrogens with zero attached hydrogens (tertiary/aromatic N) is 3. The van der Waals surface area contributed by atoms with Gasteiger partial charge in [0, 0.05) is 29.9 Å². The number of rotatable bonds is 4. The summed E-state index contributed by atoms with van der Waals surface area (Å²) >= 11 is 5.83. The smallest absolute Gasteiger partial charge is 0.243 e. The van der Waals surface area contributed by atoms with Gasteiger partial charge >= 0.3 is 0 Å². The van der Waals surface area contributed by atoms with Crippen LogP contribution >= 0.6 is 11.6 Å². The second-order valence-electron chi connectivity index (χ2n) is 6.39. The van der Waals surface area contributed by atoms with Gasteiger partial charge in [-0.3, -0.25) is 0 Å². The van der Waals surface area contributed by atoms with E-state index in [4.69, 9.17) is 16.0 Å². The van der Waals surface area contributed by atoms with Crippen molar-refractivity contribution in [2.45, 2.75) is 42.4 Å². The quantitative estimate of drug-likeness (QED) is 0.829. The Morgan fingerprint density at radius 2 is 1.50 bits per heavy atom. The molecule has 2 aliphatic rings. The molecule has 1 saturated carbocycles. The van der Waals surface area contributed by atoms with Crippen molar-refractivity contribution in [3.8, 4) is 0 Å². The van der Waals surface area contributed by atoms with Gasteiger partial charge in [0.2, 0.25) is 21.8 Å². The first-order valence-electron chi connectivity index (χ1n) is 8.13. The number of benzene rings is 1. The first kappa shape index (κ1) is 16.1. The van der Waals surface area contributed by atoms with E-state index < -0.39 is 10.0 Å². The molecule has 2 fully saturated rings. The third-order valence-electron chi connectivity index (χ3n) is 4.64.